The number of halogens is 3. The van der Waals surface area contributed by atoms with Gasteiger partial charge in [0.25, 0.3) is 0 Å². The highest BCUT2D eigenvalue weighted by molar-refractivity contribution is 7.93. The first-order valence-corrected chi connectivity index (χ1v) is 7.08. The Morgan fingerprint density at radius 3 is 2.26 bits per heavy atom. The number of hydrogen-bond donors (Lipinski definition) is 0. The quantitative estimate of drug-likeness (QED) is 0.805. The number of aryl methyl sites for hydroxylation is 2. The standard InChI is InChI=1S/C10H16N.CHF3NO2S/c1-3-4-7-11-8-5-6-10(2)9-11;2-1(3,4)8(5,6)7/h5-6,8-9H,3-4,7H2,1-2H3;(H-,5,6,7)/q+1;-1. The molecule has 0 atom stereocenters. The van der Waals surface area contributed by atoms with Gasteiger partial charge in [0.15, 0.2) is 22.4 Å². The lowest BCUT2D eigenvalue weighted by atomic mass is 10.3. The second-order valence-electron chi connectivity index (χ2n) is 3.92. The molecular formula is C11H17F3N2O2S. The number of rotatable bonds is 3. The Hall–Kier alpha value is -1.15. The summed E-state index contributed by atoms with van der Waals surface area (Å²) in [5, 5.41) is 5.43. The Balaban J connectivity index is 0.000000362. The molecule has 1 aromatic heterocycles. The molecule has 1 heterocycles. The summed E-state index contributed by atoms with van der Waals surface area (Å²) in [5.74, 6) is 0. The molecule has 0 radical (unpaired) electrons. The number of unbranched alkanes of at least 4 members (excludes halogenated alkanes) is 1. The van der Waals surface area contributed by atoms with Gasteiger partial charge in [-0.1, -0.05) is 13.3 Å². The number of pyridine rings is 1. The predicted molar refractivity (Wildman–Crippen MR) is 65.6 cm³/mol. The molecule has 0 aromatic carbocycles. The number of nitrogens with one attached hydrogen (secondary N) is 1. The van der Waals surface area contributed by atoms with Crippen molar-refractivity contribution in [2.45, 2.75) is 38.7 Å². The highest BCUT2D eigenvalue weighted by Crippen LogP contribution is 2.22. The van der Waals surface area contributed by atoms with E-state index in [1.54, 1.807) is 0 Å². The van der Waals surface area contributed by atoms with E-state index in [0.29, 0.717) is 0 Å². The molecule has 0 aliphatic carbocycles. The Kier molecular flexibility index (Phi) is 6.99. The molecule has 1 rings (SSSR count). The fourth-order valence-electron chi connectivity index (χ4n) is 1.13. The summed E-state index contributed by atoms with van der Waals surface area (Å²) in [5.41, 5.74) is -4.09. The molecule has 0 fully saturated rings. The van der Waals surface area contributed by atoms with Gasteiger partial charge in [-0.3, -0.25) is 0 Å². The summed E-state index contributed by atoms with van der Waals surface area (Å²) in [4.78, 5) is 0. The molecule has 0 aliphatic heterocycles. The third kappa shape index (κ3) is 7.78. The highest BCUT2D eigenvalue weighted by Gasteiger charge is 2.36. The molecule has 0 spiro atoms. The number of sulfonamides is 1. The summed E-state index contributed by atoms with van der Waals surface area (Å²) in [6.07, 6.45) is 6.85. The van der Waals surface area contributed by atoms with E-state index in [1.165, 1.54) is 18.4 Å². The predicted octanol–water partition coefficient (Wildman–Crippen LogP) is 2.97. The Morgan fingerprint density at radius 2 is 1.89 bits per heavy atom. The molecule has 0 aliphatic rings. The average molecular weight is 298 g/mol. The minimum Gasteiger partial charge on any atom is -0.556 e. The monoisotopic (exact) mass is 298 g/mol. The van der Waals surface area contributed by atoms with Gasteiger partial charge in [-0.25, -0.2) is 13.0 Å². The van der Waals surface area contributed by atoms with Gasteiger partial charge in [0.2, 0.25) is 0 Å². The van der Waals surface area contributed by atoms with Crippen molar-refractivity contribution in [2.24, 2.45) is 0 Å². The maximum absolute atomic E-state index is 10.8. The smallest absolute Gasteiger partial charge is 0.479 e. The highest BCUT2D eigenvalue weighted by atomic mass is 32.2. The maximum Gasteiger partial charge on any atom is 0.479 e. The summed E-state index contributed by atoms with van der Waals surface area (Å²) < 4.78 is 53.0. The van der Waals surface area contributed by atoms with E-state index in [-0.39, 0.29) is 0 Å². The van der Waals surface area contributed by atoms with E-state index in [4.69, 9.17) is 5.14 Å². The first kappa shape index (κ1) is 17.8. The summed E-state index contributed by atoms with van der Waals surface area (Å²) in [7, 11) is -5.59. The van der Waals surface area contributed by atoms with Crippen molar-refractivity contribution in [1.82, 2.24) is 0 Å². The van der Waals surface area contributed by atoms with Gasteiger partial charge in [-0.2, -0.15) is 13.2 Å². The van der Waals surface area contributed by atoms with Gasteiger partial charge < -0.3 is 5.14 Å². The SMILES string of the molecule is CCCC[n+]1cccc(C)c1.[NH-]S(=O)(=O)C(F)(F)F. The third-order valence-electron chi connectivity index (χ3n) is 2.08. The van der Waals surface area contributed by atoms with E-state index in [0.717, 1.165) is 6.54 Å². The zero-order valence-corrected chi connectivity index (χ0v) is 11.6. The number of alkyl halides is 3. The van der Waals surface area contributed by atoms with Crippen LogP contribution in [0.1, 0.15) is 25.3 Å². The van der Waals surface area contributed by atoms with E-state index < -0.39 is 15.5 Å². The first-order chi connectivity index (χ1) is 8.58. The molecule has 0 bridgehead atoms. The molecule has 4 nitrogen and oxygen atoms in total. The molecule has 8 heteroatoms. The molecule has 0 amide bonds. The van der Waals surface area contributed by atoms with E-state index >= 15 is 0 Å². The molecule has 1 N–H and O–H groups in total. The average Bonchev–Trinajstić information content (AvgIpc) is 2.24. The van der Waals surface area contributed by atoms with Crippen LogP contribution in [-0.2, 0) is 16.6 Å². The minimum absolute atomic E-state index is 1.15. The molecular weight excluding hydrogens is 281 g/mol. The maximum atomic E-state index is 10.8. The van der Waals surface area contributed by atoms with Crippen LogP contribution in [0, 0.1) is 6.92 Å². The van der Waals surface area contributed by atoms with Crippen molar-refractivity contribution in [1.29, 1.82) is 0 Å². The van der Waals surface area contributed by atoms with Crippen molar-refractivity contribution in [3.05, 3.63) is 35.2 Å². The molecule has 0 saturated heterocycles. The number of hydrogen-bond acceptors (Lipinski definition) is 2. The van der Waals surface area contributed by atoms with Crippen LogP contribution in [0.5, 0.6) is 0 Å². The third-order valence-corrected chi connectivity index (χ3v) is 2.69. The zero-order valence-electron chi connectivity index (χ0n) is 10.7. The Bertz CT molecular complexity index is 487. The van der Waals surface area contributed by atoms with Gasteiger partial charge in [0.1, 0.15) is 6.54 Å². The first-order valence-electron chi connectivity index (χ1n) is 5.59. The van der Waals surface area contributed by atoms with Crippen LogP contribution in [0.3, 0.4) is 0 Å². The lowest BCUT2D eigenvalue weighted by Gasteiger charge is -2.07. The zero-order chi connectivity index (χ0) is 15.1. The largest absolute Gasteiger partial charge is 0.556 e. The number of nitrogens with zero attached hydrogens (tertiary/aromatic N) is 1. The minimum atomic E-state index is -5.59. The topological polar surface area (TPSA) is 61.8 Å². The van der Waals surface area contributed by atoms with Crippen molar-refractivity contribution in [3.8, 4) is 0 Å². The lowest BCUT2D eigenvalue weighted by Crippen LogP contribution is -2.32. The van der Waals surface area contributed by atoms with Gasteiger partial charge >= 0.3 is 5.51 Å². The van der Waals surface area contributed by atoms with Crippen LogP contribution >= 0.6 is 0 Å². The summed E-state index contributed by atoms with van der Waals surface area (Å²) in [6, 6.07) is 4.23. The van der Waals surface area contributed by atoms with E-state index in [2.05, 4.69) is 42.9 Å². The van der Waals surface area contributed by atoms with Crippen LogP contribution in [0.4, 0.5) is 13.2 Å². The number of aromatic nitrogens is 1. The summed E-state index contributed by atoms with van der Waals surface area (Å²) in [6.45, 7) is 5.50. The molecule has 1 aromatic rings. The second-order valence-corrected chi connectivity index (χ2v) is 5.39. The fourth-order valence-corrected chi connectivity index (χ4v) is 1.13. The van der Waals surface area contributed by atoms with Crippen LogP contribution in [0.2, 0.25) is 0 Å². The van der Waals surface area contributed by atoms with Gasteiger partial charge in [0.05, 0.1) is 0 Å². The molecule has 0 unspecified atom stereocenters. The van der Waals surface area contributed by atoms with Gasteiger partial charge in [-0.05, 0) is 13.0 Å². The van der Waals surface area contributed by atoms with Crippen molar-refractivity contribution >= 4 is 10.0 Å². The van der Waals surface area contributed by atoms with Gasteiger partial charge in [0, 0.05) is 18.1 Å². The van der Waals surface area contributed by atoms with Crippen LogP contribution in [0.25, 0.3) is 5.14 Å². The Morgan fingerprint density at radius 1 is 1.37 bits per heavy atom. The Labute approximate surface area is 111 Å². The molecule has 0 saturated carbocycles. The van der Waals surface area contributed by atoms with Crippen molar-refractivity contribution in [3.63, 3.8) is 0 Å². The molecule has 110 valence electrons. The van der Waals surface area contributed by atoms with Crippen LogP contribution in [0.15, 0.2) is 24.5 Å². The van der Waals surface area contributed by atoms with Crippen LogP contribution in [-0.4, -0.2) is 13.9 Å². The van der Waals surface area contributed by atoms with Crippen molar-refractivity contribution < 1.29 is 26.2 Å². The van der Waals surface area contributed by atoms with E-state index in [1.807, 2.05) is 0 Å². The van der Waals surface area contributed by atoms with Crippen molar-refractivity contribution in [2.75, 3.05) is 0 Å². The lowest BCUT2D eigenvalue weighted by molar-refractivity contribution is -0.697. The molecule has 19 heavy (non-hydrogen) atoms. The summed E-state index contributed by atoms with van der Waals surface area (Å²) >= 11 is 0. The fraction of sp³-hybridized carbons (Fsp3) is 0.545. The second kappa shape index (κ2) is 7.44. The van der Waals surface area contributed by atoms with E-state index in [9.17, 15) is 21.6 Å². The van der Waals surface area contributed by atoms with Crippen LogP contribution < -0.4 is 4.57 Å². The van der Waals surface area contributed by atoms with Gasteiger partial charge in [-0.15, -0.1) is 0 Å². The normalized spacial score (nSPS) is 11.7.